The third-order valence-corrected chi connectivity index (χ3v) is 6.16. The van der Waals surface area contributed by atoms with Crippen molar-refractivity contribution in [2.75, 3.05) is 6.54 Å². The lowest BCUT2D eigenvalue weighted by molar-refractivity contribution is -0.137. The van der Waals surface area contributed by atoms with Gasteiger partial charge in [-0.15, -0.1) is 0 Å². The van der Waals surface area contributed by atoms with Crippen LogP contribution in [0.1, 0.15) is 35.6 Å². The molecule has 0 aliphatic rings. The van der Waals surface area contributed by atoms with Crippen LogP contribution in [0.2, 0.25) is 0 Å². The van der Waals surface area contributed by atoms with Crippen molar-refractivity contribution in [1.29, 1.82) is 0 Å². The van der Waals surface area contributed by atoms with E-state index in [0.29, 0.717) is 31.4 Å². The maximum Gasteiger partial charge on any atom is 0.416 e. The minimum atomic E-state index is -4.50. The molecule has 2 rings (SSSR count). The molecule has 1 atom stereocenters. The Morgan fingerprint density at radius 3 is 2.04 bits per heavy atom. The Kier molecular flexibility index (Phi) is 6.24. The molecule has 25 heavy (non-hydrogen) atoms. The van der Waals surface area contributed by atoms with Gasteiger partial charge in [0.15, 0.2) is 9.84 Å². The number of sulfone groups is 1. The van der Waals surface area contributed by atoms with Crippen molar-refractivity contribution in [1.82, 2.24) is 0 Å². The molecule has 3 nitrogen and oxygen atoms in total. The third-order valence-electron chi connectivity index (χ3n) is 3.98. The zero-order valence-corrected chi connectivity index (χ0v) is 14.4. The highest BCUT2D eigenvalue weighted by Gasteiger charge is 2.32. The van der Waals surface area contributed by atoms with Gasteiger partial charge in [-0.2, -0.15) is 13.2 Å². The summed E-state index contributed by atoms with van der Waals surface area (Å²) in [5.74, 6) is 0. The monoisotopic (exact) mass is 371 g/mol. The lowest BCUT2D eigenvalue weighted by atomic mass is 10.1. The molecule has 0 radical (unpaired) electrons. The number of hydrogen-bond acceptors (Lipinski definition) is 3. The Labute approximate surface area is 145 Å². The van der Waals surface area contributed by atoms with Crippen molar-refractivity contribution in [3.63, 3.8) is 0 Å². The van der Waals surface area contributed by atoms with Gasteiger partial charge >= 0.3 is 6.18 Å². The van der Waals surface area contributed by atoms with Crippen LogP contribution in [0.3, 0.4) is 0 Å². The second-order valence-electron chi connectivity index (χ2n) is 5.75. The van der Waals surface area contributed by atoms with Gasteiger partial charge in [0.1, 0.15) is 0 Å². The molecule has 0 amide bonds. The van der Waals surface area contributed by atoms with E-state index in [-0.39, 0.29) is 4.90 Å². The van der Waals surface area contributed by atoms with Crippen LogP contribution in [0.4, 0.5) is 13.2 Å². The molecule has 0 spiro atoms. The van der Waals surface area contributed by atoms with Crippen molar-refractivity contribution >= 4 is 9.84 Å². The minimum absolute atomic E-state index is 0.109. The SMILES string of the molecule is NCCCCC(c1ccccc1)S(=O)(=O)c1ccc(C(F)(F)F)cc1. The Bertz CT molecular complexity index is 772. The van der Waals surface area contributed by atoms with Crippen LogP contribution in [-0.2, 0) is 16.0 Å². The summed E-state index contributed by atoms with van der Waals surface area (Å²) < 4.78 is 64.0. The van der Waals surface area contributed by atoms with E-state index in [1.165, 1.54) is 0 Å². The maximum absolute atomic E-state index is 13.0. The van der Waals surface area contributed by atoms with Gasteiger partial charge in [0.25, 0.3) is 0 Å². The molecule has 0 saturated heterocycles. The minimum Gasteiger partial charge on any atom is -0.330 e. The van der Waals surface area contributed by atoms with Gasteiger partial charge in [-0.1, -0.05) is 36.8 Å². The lowest BCUT2D eigenvalue weighted by Gasteiger charge is -2.19. The Morgan fingerprint density at radius 1 is 0.920 bits per heavy atom. The first-order chi connectivity index (χ1) is 11.8. The van der Waals surface area contributed by atoms with Crippen LogP contribution in [0.5, 0.6) is 0 Å². The first-order valence-corrected chi connectivity index (χ1v) is 9.47. The highest BCUT2D eigenvalue weighted by molar-refractivity contribution is 7.91. The first kappa shape index (κ1) is 19.5. The summed E-state index contributed by atoms with van der Waals surface area (Å²) >= 11 is 0. The summed E-state index contributed by atoms with van der Waals surface area (Å²) in [6.07, 6.45) is -2.82. The highest BCUT2D eigenvalue weighted by Crippen LogP contribution is 2.35. The largest absolute Gasteiger partial charge is 0.416 e. The fourth-order valence-corrected chi connectivity index (χ4v) is 4.48. The van der Waals surface area contributed by atoms with Crippen LogP contribution < -0.4 is 5.73 Å². The van der Waals surface area contributed by atoms with Crippen LogP contribution in [-0.4, -0.2) is 15.0 Å². The molecule has 0 fully saturated rings. The van der Waals surface area contributed by atoms with E-state index in [9.17, 15) is 21.6 Å². The van der Waals surface area contributed by atoms with E-state index in [4.69, 9.17) is 5.73 Å². The number of benzene rings is 2. The molecule has 136 valence electrons. The van der Waals surface area contributed by atoms with Gasteiger partial charge < -0.3 is 5.73 Å². The van der Waals surface area contributed by atoms with Crippen molar-refractivity contribution in [3.8, 4) is 0 Å². The fraction of sp³-hybridized carbons (Fsp3) is 0.333. The van der Waals surface area contributed by atoms with E-state index in [1.807, 2.05) is 0 Å². The molecular weight excluding hydrogens is 351 g/mol. The van der Waals surface area contributed by atoms with E-state index in [0.717, 1.165) is 24.3 Å². The predicted molar refractivity (Wildman–Crippen MR) is 90.7 cm³/mol. The summed E-state index contributed by atoms with van der Waals surface area (Å²) in [5.41, 5.74) is 5.23. The number of halogens is 3. The van der Waals surface area contributed by atoms with Crippen LogP contribution in [0.25, 0.3) is 0 Å². The second kappa shape index (κ2) is 8.01. The third kappa shape index (κ3) is 4.83. The molecular formula is C18H20F3NO2S. The number of unbranched alkanes of at least 4 members (excludes halogenated alkanes) is 1. The molecule has 0 aliphatic carbocycles. The number of alkyl halides is 3. The van der Waals surface area contributed by atoms with E-state index < -0.39 is 26.8 Å². The smallest absolute Gasteiger partial charge is 0.330 e. The molecule has 1 unspecified atom stereocenters. The Morgan fingerprint density at radius 2 is 1.52 bits per heavy atom. The van der Waals surface area contributed by atoms with Crippen molar-refractivity contribution < 1.29 is 21.6 Å². The normalized spacial score (nSPS) is 13.6. The van der Waals surface area contributed by atoms with Crippen LogP contribution >= 0.6 is 0 Å². The first-order valence-electron chi connectivity index (χ1n) is 7.93. The summed E-state index contributed by atoms with van der Waals surface area (Å²) in [7, 11) is -3.81. The predicted octanol–water partition coefficient (Wildman–Crippen LogP) is 4.35. The quantitative estimate of drug-likeness (QED) is 0.736. The fourth-order valence-electron chi connectivity index (χ4n) is 2.64. The molecule has 2 aromatic carbocycles. The molecule has 0 bridgehead atoms. The van der Waals surface area contributed by atoms with Crippen molar-refractivity contribution in [2.45, 2.75) is 35.6 Å². The van der Waals surface area contributed by atoms with Crippen LogP contribution in [0.15, 0.2) is 59.5 Å². The Hall–Kier alpha value is -1.86. The Balaban J connectivity index is 2.37. The van der Waals surface area contributed by atoms with Gasteiger partial charge in [0.2, 0.25) is 0 Å². The molecule has 0 aliphatic heterocycles. The number of nitrogens with two attached hydrogens (primary N) is 1. The average molecular weight is 371 g/mol. The molecule has 7 heteroatoms. The zero-order chi connectivity index (χ0) is 18.5. The van der Waals surface area contributed by atoms with Crippen molar-refractivity contribution in [2.24, 2.45) is 5.73 Å². The molecule has 0 saturated carbocycles. The molecule has 2 N–H and O–H groups in total. The van der Waals surface area contributed by atoms with Crippen molar-refractivity contribution in [3.05, 3.63) is 65.7 Å². The van der Waals surface area contributed by atoms with Gasteiger partial charge in [-0.3, -0.25) is 0 Å². The molecule has 2 aromatic rings. The standard InChI is InChI=1S/C18H20F3NO2S/c19-18(20,21)15-9-11-16(12-10-15)25(23,24)17(8-4-5-13-22)14-6-2-1-3-7-14/h1-3,6-7,9-12,17H,4-5,8,13,22H2. The number of rotatable bonds is 7. The lowest BCUT2D eigenvalue weighted by Crippen LogP contribution is -2.15. The highest BCUT2D eigenvalue weighted by atomic mass is 32.2. The molecule has 0 heterocycles. The van der Waals surface area contributed by atoms with Crippen LogP contribution in [0, 0.1) is 0 Å². The van der Waals surface area contributed by atoms with E-state index in [2.05, 4.69) is 0 Å². The summed E-state index contributed by atoms with van der Waals surface area (Å²) in [5, 5.41) is -0.808. The number of hydrogen-bond donors (Lipinski definition) is 1. The summed E-state index contributed by atoms with van der Waals surface area (Å²) in [4.78, 5) is -0.109. The van der Waals surface area contributed by atoms with Gasteiger partial charge in [0.05, 0.1) is 15.7 Å². The van der Waals surface area contributed by atoms with Gasteiger partial charge in [-0.05, 0) is 49.2 Å². The van der Waals surface area contributed by atoms with Gasteiger partial charge in [-0.25, -0.2) is 8.42 Å². The molecule has 0 aromatic heterocycles. The summed E-state index contributed by atoms with van der Waals surface area (Å²) in [6, 6.07) is 12.4. The topological polar surface area (TPSA) is 60.2 Å². The summed E-state index contributed by atoms with van der Waals surface area (Å²) in [6.45, 7) is 0.460. The van der Waals surface area contributed by atoms with Gasteiger partial charge in [0, 0.05) is 0 Å². The zero-order valence-electron chi connectivity index (χ0n) is 13.5. The van der Waals surface area contributed by atoms with E-state index >= 15 is 0 Å². The average Bonchev–Trinajstić information content (AvgIpc) is 2.59. The second-order valence-corrected chi connectivity index (χ2v) is 7.88. The van der Waals surface area contributed by atoms with E-state index in [1.54, 1.807) is 30.3 Å². The maximum atomic E-state index is 13.0.